The second-order valence-electron chi connectivity index (χ2n) is 8.30. The molecule has 162 valence electrons. The van der Waals surface area contributed by atoms with E-state index in [2.05, 4.69) is 5.32 Å². The molecule has 1 aromatic heterocycles. The van der Waals surface area contributed by atoms with E-state index in [1.54, 1.807) is 19.1 Å². The van der Waals surface area contributed by atoms with E-state index >= 15 is 0 Å². The lowest BCUT2D eigenvalue weighted by Crippen LogP contribution is -2.52. The number of amides is 3. The molecule has 5 rings (SSSR count). The van der Waals surface area contributed by atoms with Gasteiger partial charge in [0.25, 0.3) is 5.91 Å². The summed E-state index contributed by atoms with van der Waals surface area (Å²) in [5.41, 5.74) is 4.16. The van der Waals surface area contributed by atoms with Crippen LogP contribution in [0.15, 0.2) is 42.6 Å². The fraction of sp³-hybridized carbons (Fsp3) is 0.250. The SMILES string of the molecule is Cc1ccc(-c2nc(-c3ccc4c(c3)CN(C3CCC(=O)NC3=O)C4=O)cn2C)cc1F. The fourth-order valence-corrected chi connectivity index (χ4v) is 4.34. The predicted octanol–water partition coefficient (Wildman–Crippen LogP) is 2.96. The van der Waals surface area contributed by atoms with Crippen LogP contribution < -0.4 is 5.32 Å². The first kappa shape index (κ1) is 20.1. The van der Waals surface area contributed by atoms with Crippen molar-refractivity contribution in [2.75, 3.05) is 0 Å². The predicted molar refractivity (Wildman–Crippen MR) is 115 cm³/mol. The van der Waals surface area contributed by atoms with Gasteiger partial charge in [-0.25, -0.2) is 9.37 Å². The van der Waals surface area contributed by atoms with Crippen LogP contribution in [0.1, 0.15) is 34.3 Å². The molecule has 0 spiro atoms. The van der Waals surface area contributed by atoms with Crippen LogP contribution in [0.3, 0.4) is 0 Å². The summed E-state index contributed by atoms with van der Waals surface area (Å²) in [6.45, 7) is 2.02. The fourth-order valence-electron chi connectivity index (χ4n) is 4.34. The third-order valence-electron chi connectivity index (χ3n) is 6.13. The number of hydrogen-bond donors (Lipinski definition) is 1. The number of nitrogens with one attached hydrogen (secondary N) is 1. The highest BCUT2D eigenvalue weighted by molar-refractivity contribution is 6.05. The number of imidazole rings is 1. The molecule has 7 nitrogen and oxygen atoms in total. The number of nitrogens with zero attached hydrogens (tertiary/aromatic N) is 3. The Labute approximate surface area is 183 Å². The number of rotatable bonds is 3. The van der Waals surface area contributed by atoms with Crippen molar-refractivity contribution < 1.29 is 18.8 Å². The minimum Gasteiger partial charge on any atom is -0.333 e. The number of carbonyl (C=O) groups excluding carboxylic acids is 3. The molecule has 0 radical (unpaired) electrons. The number of carbonyl (C=O) groups is 3. The maximum Gasteiger partial charge on any atom is 0.255 e. The van der Waals surface area contributed by atoms with Crippen molar-refractivity contribution in [3.63, 3.8) is 0 Å². The van der Waals surface area contributed by atoms with Gasteiger partial charge in [0.1, 0.15) is 17.7 Å². The Bertz CT molecular complexity index is 1300. The summed E-state index contributed by atoms with van der Waals surface area (Å²) >= 11 is 0. The Balaban J connectivity index is 1.44. The Kier molecular flexibility index (Phi) is 4.65. The van der Waals surface area contributed by atoms with Gasteiger partial charge < -0.3 is 9.47 Å². The number of fused-ring (bicyclic) bond motifs is 1. The topological polar surface area (TPSA) is 84.3 Å². The number of piperidine rings is 1. The van der Waals surface area contributed by atoms with Gasteiger partial charge in [0, 0.05) is 42.9 Å². The van der Waals surface area contributed by atoms with Crippen molar-refractivity contribution >= 4 is 17.7 Å². The lowest BCUT2D eigenvalue weighted by Gasteiger charge is -2.29. The van der Waals surface area contributed by atoms with Crippen molar-refractivity contribution in [1.29, 1.82) is 0 Å². The second-order valence-corrected chi connectivity index (χ2v) is 8.30. The molecule has 3 heterocycles. The van der Waals surface area contributed by atoms with Gasteiger partial charge in [0.05, 0.1) is 5.69 Å². The summed E-state index contributed by atoms with van der Waals surface area (Å²) in [7, 11) is 1.85. The largest absolute Gasteiger partial charge is 0.333 e. The highest BCUT2D eigenvalue weighted by Crippen LogP contribution is 2.32. The van der Waals surface area contributed by atoms with E-state index in [0.29, 0.717) is 41.2 Å². The number of aromatic nitrogens is 2. The summed E-state index contributed by atoms with van der Waals surface area (Å²) in [5, 5.41) is 2.31. The summed E-state index contributed by atoms with van der Waals surface area (Å²) < 4.78 is 15.9. The monoisotopic (exact) mass is 432 g/mol. The molecule has 2 aliphatic heterocycles. The van der Waals surface area contributed by atoms with E-state index < -0.39 is 11.9 Å². The van der Waals surface area contributed by atoms with Crippen molar-refractivity contribution in [1.82, 2.24) is 19.8 Å². The zero-order valence-corrected chi connectivity index (χ0v) is 17.7. The molecule has 2 aromatic carbocycles. The summed E-state index contributed by atoms with van der Waals surface area (Å²) in [6.07, 6.45) is 2.41. The van der Waals surface area contributed by atoms with E-state index in [1.807, 2.05) is 36.0 Å². The van der Waals surface area contributed by atoms with Crippen LogP contribution in [-0.2, 0) is 23.2 Å². The third-order valence-corrected chi connectivity index (χ3v) is 6.13. The van der Waals surface area contributed by atoms with E-state index in [1.165, 1.54) is 11.0 Å². The quantitative estimate of drug-likeness (QED) is 0.645. The maximum atomic E-state index is 14.0. The van der Waals surface area contributed by atoms with Crippen LogP contribution in [0, 0.1) is 12.7 Å². The molecule has 2 aliphatic rings. The average Bonchev–Trinajstić information content (AvgIpc) is 3.30. The number of hydrogen-bond acceptors (Lipinski definition) is 4. The van der Waals surface area contributed by atoms with Crippen LogP contribution in [0.25, 0.3) is 22.6 Å². The average molecular weight is 432 g/mol. The highest BCUT2D eigenvalue weighted by Gasteiger charge is 2.39. The van der Waals surface area contributed by atoms with Crippen molar-refractivity contribution in [2.24, 2.45) is 7.05 Å². The van der Waals surface area contributed by atoms with Gasteiger partial charge in [0.2, 0.25) is 11.8 Å². The molecular formula is C24H21FN4O3. The molecule has 0 saturated carbocycles. The van der Waals surface area contributed by atoms with Crippen molar-refractivity contribution in [3.05, 3.63) is 65.1 Å². The van der Waals surface area contributed by atoms with Gasteiger partial charge in [-0.15, -0.1) is 0 Å². The molecule has 1 unspecified atom stereocenters. The van der Waals surface area contributed by atoms with Crippen LogP contribution in [-0.4, -0.2) is 38.2 Å². The van der Waals surface area contributed by atoms with Gasteiger partial charge in [-0.3, -0.25) is 19.7 Å². The molecule has 8 heteroatoms. The van der Waals surface area contributed by atoms with E-state index in [9.17, 15) is 18.8 Å². The van der Waals surface area contributed by atoms with E-state index in [-0.39, 0.29) is 24.1 Å². The van der Waals surface area contributed by atoms with E-state index in [4.69, 9.17) is 4.98 Å². The smallest absolute Gasteiger partial charge is 0.255 e. The van der Waals surface area contributed by atoms with Crippen molar-refractivity contribution in [2.45, 2.75) is 32.4 Å². The molecule has 32 heavy (non-hydrogen) atoms. The van der Waals surface area contributed by atoms with Gasteiger partial charge >= 0.3 is 0 Å². The first-order valence-corrected chi connectivity index (χ1v) is 10.4. The Hall–Kier alpha value is -3.81. The molecule has 1 N–H and O–H groups in total. The molecule has 0 bridgehead atoms. The zero-order valence-electron chi connectivity index (χ0n) is 17.7. The van der Waals surface area contributed by atoms with E-state index in [0.717, 1.165) is 11.1 Å². The molecule has 0 aliphatic carbocycles. The minimum atomic E-state index is -0.645. The molecule has 1 fully saturated rings. The van der Waals surface area contributed by atoms with Crippen LogP contribution >= 0.6 is 0 Å². The number of aryl methyl sites for hydroxylation is 2. The molecular weight excluding hydrogens is 411 g/mol. The van der Waals surface area contributed by atoms with Crippen LogP contribution in [0.2, 0.25) is 0 Å². The van der Waals surface area contributed by atoms with Crippen LogP contribution in [0.4, 0.5) is 4.39 Å². The molecule has 3 aromatic rings. The van der Waals surface area contributed by atoms with Gasteiger partial charge in [-0.05, 0) is 42.7 Å². The Morgan fingerprint density at radius 1 is 1.09 bits per heavy atom. The zero-order chi connectivity index (χ0) is 22.6. The van der Waals surface area contributed by atoms with Gasteiger partial charge in [-0.2, -0.15) is 0 Å². The maximum absolute atomic E-state index is 14.0. The van der Waals surface area contributed by atoms with Crippen LogP contribution in [0.5, 0.6) is 0 Å². The minimum absolute atomic E-state index is 0.210. The lowest BCUT2D eigenvalue weighted by molar-refractivity contribution is -0.136. The summed E-state index contributed by atoms with van der Waals surface area (Å²) in [4.78, 5) is 42.8. The lowest BCUT2D eigenvalue weighted by atomic mass is 10.0. The standard InChI is InChI=1S/C24H21FN4O3/c1-13-3-4-15(10-18(13)25)22-26-19(12-28(22)2)14-5-6-17-16(9-14)11-29(24(17)32)20-7-8-21(30)27-23(20)31/h3-6,9-10,12,20H,7-8,11H2,1-2H3,(H,27,30,31). The summed E-state index contributed by atoms with van der Waals surface area (Å²) in [5.74, 6) is -0.588. The van der Waals surface area contributed by atoms with Gasteiger partial charge in [0.15, 0.2) is 0 Å². The number of imide groups is 1. The highest BCUT2D eigenvalue weighted by atomic mass is 19.1. The number of benzene rings is 2. The van der Waals surface area contributed by atoms with Crippen molar-refractivity contribution in [3.8, 4) is 22.6 Å². The first-order chi connectivity index (χ1) is 15.3. The molecule has 1 atom stereocenters. The van der Waals surface area contributed by atoms with Gasteiger partial charge in [-0.1, -0.05) is 18.2 Å². The number of halogens is 1. The molecule has 1 saturated heterocycles. The Morgan fingerprint density at radius 2 is 1.88 bits per heavy atom. The summed E-state index contributed by atoms with van der Waals surface area (Å²) in [6, 6.07) is 9.87. The second kappa shape index (κ2) is 7.40. The normalized spacial score (nSPS) is 18.2. The Morgan fingerprint density at radius 3 is 2.62 bits per heavy atom. The first-order valence-electron chi connectivity index (χ1n) is 10.4. The molecule has 3 amide bonds. The third kappa shape index (κ3) is 3.28.